The van der Waals surface area contributed by atoms with E-state index in [-0.39, 0.29) is 11.2 Å². The molecule has 0 unspecified atom stereocenters. The molecule has 0 aliphatic carbocycles. The molecule has 0 saturated heterocycles. The minimum Gasteiger partial charge on any atom is -0.375 e. The number of nitrogens with zero attached hydrogens (tertiary/aromatic N) is 3. The summed E-state index contributed by atoms with van der Waals surface area (Å²) in [6, 6.07) is 8.00. The van der Waals surface area contributed by atoms with Gasteiger partial charge in [0, 0.05) is 18.7 Å². The number of nitrogens with two attached hydrogens (primary N) is 1. The molecule has 0 spiro atoms. The number of nitrogen functional groups attached to an aromatic ring is 1. The zero-order chi connectivity index (χ0) is 21.4. The van der Waals surface area contributed by atoms with Crippen molar-refractivity contribution in [2.24, 2.45) is 5.41 Å². The molecule has 156 valence electrons. The molecule has 0 aliphatic heterocycles. The average molecular weight is 424 g/mol. The zero-order valence-electron chi connectivity index (χ0n) is 16.8. The molecule has 0 amide bonds. The first-order valence-electron chi connectivity index (χ1n) is 9.08. The highest BCUT2D eigenvalue weighted by molar-refractivity contribution is 7.22. The molecule has 0 saturated carbocycles. The Bertz CT molecular complexity index is 1010. The smallest absolute Gasteiger partial charge is 0.375 e. The van der Waals surface area contributed by atoms with Gasteiger partial charge < -0.3 is 16.0 Å². The molecule has 0 radical (unpaired) electrons. The number of anilines is 2. The van der Waals surface area contributed by atoms with E-state index in [0.717, 1.165) is 22.9 Å². The van der Waals surface area contributed by atoms with E-state index in [1.165, 1.54) is 17.4 Å². The van der Waals surface area contributed by atoms with Gasteiger partial charge in [0.2, 0.25) is 0 Å². The number of hydrogen-bond acceptors (Lipinski definition) is 6. The number of rotatable bonds is 6. The molecule has 0 atom stereocenters. The van der Waals surface area contributed by atoms with Crippen LogP contribution in [0.25, 0.3) is 21.3 Å². The second kappa shape index (κ2) is 7.79. The largest absolute Gasteiger partial charge is 0.433 e. The predicted molar refractivity (Wildman–Crippen MR) is 113 cm³/mol. The highest BCUT2D eigenvalue weighted by atomic mass is 32.1. The van der Waals surface area contributed by atoms with E-state index in [0.29, 0.717) is 22.8 Å². The molecule has 3 aromatic rings. The van der Waals surface area contributed by atoms with Crippen LogP contribution in [0.2, 0.25) is 0 Å². The van der Waals surface area contributed by atoms with Crippen molar-refractivity contribution in [2.75, 3.05) is 38.2 Å². The fraction of sp³-hybridized carbons (Fsp3) is 0.400. The highest BCUT2D eigenvalue weighted by Crippen LogP contribution is 2.35. The minimum absolute atomic E-state index is 0.163. The van der Waals surface area contributed by atoms with Gasteiger partial charge in [-0.2, -0.15) is 13.2 Å². The molecule has 29 heavy (non-hydrogen) atoms. The van der Waals surface area contributed by atoms with Crippen molar-refractivity contribution in [3.63, 3.8) is 0 Å². The Kier molecular flexibility index (Phi) is 5.73. The number of alkyl halides is 3. The van der Waals surface area contributed by atoms with Crippen molar-refractivity contribution in [3.8, 4) is 11.1 Å². The number of pyridine rings is 1. The van der Waals surface area contributed by atoms with Gasteiger partial charge in [-0.1, -0.05) is 31.3 Å². The fourth-order valence-electron chi connectivity index (χ4n) is 3.33. The Morgan fingerprint density at radius 2 is 1.83 bits per heavy atom. The Labute approximate surface area is 171 Å². The van der Waals surface area contributed by atoms with Gasteiger partial charge >= 0.3 is 6.18 Å². The third-order valence-electron chi connectivity index (χ3n) is 4.38. The molecule has 9 heteroatoms. The second-order valence-electron chi connectivity index (χ2n) is 8.08. The monoisotopic (exact) mass is 423 g/mol. The van der Waals surface area contributed by atoms with E-state index >= 15 is 0 Å². The topological polar surface area (TPSA) is 67.1 Å². The van der Waals surface area contributed by atoms with Crippen LogP contribution in [0.15, 0.2) is 30.3 Å². The molecular weight excluding hydrogens is 399 g/mol. The summed E-state index contributed by atoms with van der Waals surface area (Å²) in [5.41, 5.74) is 6.72. The molecule has 0 fully saturated rings. The summed E-state index contributed by atoms with van der Waals surface area (Å²) in [6.07, 6.45) is -4.51. The predicted octanol–water partition coefficient (Wildman–Crippen LogP) is 4.96. The lowest BCUT2D eigenvalue weighted by atomic mass is 9.92. The molecule has 1 aromatic carbocycles. The van der Waals surface area contributed by atoms with Crippen LogP contribution >= 0.6 is 11.3 Å². The van der Waals surface area contributed by atoms with Gasteiger partial charge in [0.05, 0.1) is 10.2 Å². The third kappa shape index (κ3) is 5.16. The summed E-state index contributed by atoms with van der Waals surface area (Å²) in [5, 5.41) is 3.59. The van der Waals surface area contributed by atoms with Crippen molar-refractivity contribution >= 4 is 32.5 Å². The maximum Gasteiger partial charge on any atom is 0.433 e. The first kappa shape index (κ1) is 21.3. The van der Waals surface area contributed by atoms with E-state index in [1.807, 2.05) is 37.2 Å². The Morgan fingerprint density at radius 3 is 2.48 bits per heavy atom. The molecule has 0 aliphatic rings. The normalized spacial score (nSPS) is 12.7. The SMILES string of the molecule is CN(C)CC(C)(C)CNc1nc(C(F)(F)F)ccc1-c1ccc2sc(N)nc2c1. The summed E-state index contributed by atoms with van der Waals surface area (Å²) in [6.45, 7) is 5.35. The number of benzene rings is 1. The Morgan fingerprint density at radius 1 is 1.10 bits per heavy atom. The molecule has 2 aromatic heterocycles. The van der Waals surface area contributed by atoms with Crippen LogP contribution in [0.3, 0.4) is 0 Å². The molecule has 3 N–H and O–H groups in total. The standard InChI is InChI=1S/C20H24F3N5S/c1-19(2,11-28(3)4)10-25-17-13(6-8-16(27-17)20(21,22)23)12-5-7-15-14(9-12)26-18(24)29-15/h5-9H,10-11H2,1-4H3,(H2,24,26)(H,25,27). The van der Waals surface area contributed by atoms with E-state index in [4.69, 9.17) is 5.73 Å². The maximum atomic E-state index is 13.2. The molecular formula is C20H24F3N5S. The van der Waals surface area contributed by atoms with Gasteiger partial charge in [-0.3, -0.25) is 0 Å². The number of thiazole rings is 1. The van der Waals surface area contributed by atoms with Crippen LogP contribution in [0, 0.1) is 5.41 Å². The summed E-state index contributed by atoms with van der Waals surface area (Å²) in [5.74, 6) is 0.203. The van der Waals surface area contributed by atoms with Crippen molar-refractivity contribution < 1.29 is 13.2 Å². The third-order valence-corrected chi connectivity index (χ3v) is 5.24. The number of fused-ring (bicyclic) bond motifs is 1. The summed E-state index contributed by atoms with van der Waals surface area (Å²) in [4.78, 5) is 10.2. The van der Waals surface area contributed by atoms with Crippen molar-refractivity contribution in [2.45, 2.75) is 20.0 Å². The van der Waals surface area contributed by atoms with Gasteiger partial charge in [0.1, 0.15) is 11.5 Å². The average Bonchev–Trinajstić information content (AvgIpc) is 2.97. The summed E-state index contributed by atoms with van der Waals surface area (Å²) >= 11 is 1.37. The Balaban J connectivity index is 2.00. The number of hydrogen-bond donors (Lipinski definition) is 2. The first-order valence-corrected chi connectivity index (χ1v) is 9.89. The summed E-state index contributed by atoms with van der Waals surface area (Å²) < 4.78 is 40.6. The fourth-order valence-corrected chi connectivity index (χ4v) is 4.05. The van der Waals surface area contributed by atoms with E-state index < -0.39 is 11.9 Å². The van der Waals surface area contributed by atoms with Crippen LogP contribution in [-0.4, -0.2) is 42.1 Å². The lowest BCUT2D eigenvalue weighted by molar-refractivity contribution is -0.141. The van der Waals surface area contributed by atoms with Crippen LogP contribution in [-0.2, 0) is 6.18 Å². The van der Waals surface area contributed by atoms with Gasteiger partial charge in [0.15, 0.2) is 5.13 Å². The van der Waals surface area contributed by atoms with Crippen LogP contribution in [0.5, 0.6) is 0 Å². The van der Waals surface area contributed by atoms with Crippen molar-refractivity contribution in [1.29, 1.82) is 0 Å². The van der Waals surface area contributed by atoms with E-state index in [9.17, 15) is 13.2 Å². The quantitative estimate of drug-likeness (QED) is 0.587. The Hall–Kier alpha value is -2.39. The van der Waals surface area contributed by atoms with Crippen LogP contribution in [0.4, 0.5) is 24.1 Å². The van der Waals surface area contributed by atoms with Crippen LogP contribution < -0.4 is 11.1 Å². The molecule has 3 rings (SSSR count). The molecule has 5 nitrogen and oxygen atoms in total. The lowest BCUT2D eigenvalue weighted by Gasteiger charge is -2.29. The van der Waals surface area contributed by atoms with Gasteiger partial charge in [-0.25, -0.2) is 9.97 Å². The highest BCUT2D eigenvalue weighted by Gasteiger charge is 2.33. The van der Waals surface area contributed by atoms with Crippen LogP contribution in [0.1, 0.15) is 19.5 Å². The van der Waals surface area contributed by atoms with Gasteiger partial charge in [0.25, 0.3) is 0 Å². The number of nitrogens with one attached hydrogen (secondary N) is 1. The lowest BCUT2D eigenvalue weighted by Crippen LogP contribution is -2.34. The number of aromatic nitrogens is 2. The zero-order valence-corrected chi connectivity index (χ0v) is 17.6. The van der Waals surface area contributed by atoms with Gasteiger partial charge in [-0.05, 0) is 49.3 Å². The minimum atomic E-state index is -4.51. The van der Waals surface area contributed by atoms with Crippen molar-refractivity contribution in [1.82, 2.24) is 14.9 Å². The first-order chi connectivity index (χ1) is 13.4. The van der Waals surface area contributed by atoms with Gasteiger partial charge in [-0.15, -0.1) is 0 Å². The molecule has 0 bridgehead atoms. The maximum absolute atomic E-state index is 13.2. The molecule has 2 heterocycles. The second-order valence-corrected chi connectivity index (χ2v) is 9.14. The van der Waals surface area contributed by atoms with E-state index in [1.54, 1.807) is 0 Å². The summed E-state index contributed by atoms with van der Waals surface area (Å²) in [7, 11) is 3.93. The van der Waals surface area contributed by atoms with Crippen molar-refractivity contribution in [3.05, 3.63) is 36.0 Å². The number of halogens is 3. The van der Waals surface area contributed by atoms with E-state index in [2.05, 4.69) is 29.1 Å².